The maximum Gasteiger partial charge on any atom is 0.303 e. The minimum absolute atomic E-state index is 0.00254. The van der Waals surface area contributed by atoms with Gasteiger partial charge in [0.25, 0.3) is 10.0 Å². The first kappa shape index (κ1) is 15.0. The number of nitrogens with zero attached hydrogens (tertiary/aromatic N) is 1. The van der Waals surface area contributed by atoms with Gasteiger partial charge in [0, 0.05) is 12.5 Å². The molecule has 0 aliphatic rings. The van der Waals surface area contributed by atoms with Crippen LogP contribution >= 0.6 is 0 Å². The van der Waals surface area contributed by atoms with E-state index in [1.807, 2.05) is 0 Å². The highest BCUT2D eigenvalue weighted by Gasteiger charge is 2.16. The third-order valence-electron chi connectivity index (χ3n) is 2.73. The smallest absolute Gasteiger partial charge is 0.303 e. The molecule has 1 aromatic heterocycles. The second kappa shape index (κ2) is 5.96. The molecule has 0 saturated heterocycles. The van der Waals surface area contributed by atoms with Gasteiger partial charge in [-0.25, -0.2) is 8.42 Å². The molecule has 1 aromatic carbocycles. The number of carboxylic acids is 1. The Hall–Kier alpha value is -2.35. The molecule has 0 bridgehead atoms. The Labute approximate surface area is 121 Å². The highest BCUT2D eigenvalue weighted by Crippen LogP contribution is 2.17. The molecule has 8 heteroatoms. The summed E-state index contributed by atoms with van der Waals surface area (Å²) in [4.78, 5) is 10.6. The Balaban J connectivity index is 2.11. The van der Waals surface area contributed by atoms with Crippen molar-refractivity contribution in [3.8, 4) is 0 Å². The van der Waals surface area contributed by atoms with Crippen LogP contribution in [0.4, 0.5) is 5.82 Å². The molecule has 2 rings (SSSR count). The topological polar surface area (TPSA) is 110 Å². The van der Waals surface area contributed by atoms with E-state index < -0.39 is 16.0 Å². The highest BCUT2D eigenvalue weighted by molar-refractivity contribution is 7.92. The lowest BCUT2D eigenvalue weighted by Crippen LogP contribution is -2.13. The fourth-order valence-electron chi connectivity index (χ4n) is 1.70. The number of aromatic nitrogens is 1. The van der Waals surface area contributed by atoms with E-state index in [1.165, 1.54) is 18.2 Å². The summed E-state index contributed by atoms with van der Waals surface area (Å²) in [5, 5.41) is 12.2. The van der Waals surface area contributed by atoms with E-state index in [9.17, 15) is 13.2 Å². The summed E-state index contributed by atoms with van der Waals surface area (Å²) in [6.07, 6.45) is 0.355. The summed E-state index contributed by atoms with van der Waals surface area (Å²) in [6, 6.07) is 7.49. The molecule has 0 aliphatic carbocycles. The number of aryl methyl sites for hydroxylation is 2. The van der Waals surface area contributed by atoms with Gasteiger partial charge in [-0.2, -0.15) is 0 Å². The predicted octanol–water partition coefficient (Wildman–Crippen LogP) is 1.80. The average molecular weight is 310 g/mol. The zero-order valence-electron chi connectivity index (χ0n) is 11.2. The fraction of sp³-hybridized carbons (Fsp3) is 0.231. The second-order valence-electron chi connectivity index (χ2n) is 4.47. The SMILES string of the molecule is Cc1cc(NS(=O)(=O)c2ccc(CCC(=O)O)cc2)no1. The van der Waals surface area contributed by atoms with Crippen LogP contribution in [0.3, 0.4) is 0 Å². The van der Waals surface area contributed by atoms with Crippen molar-refractivity contribution in [3.63, 3.8) is 0 Å². The molecule has 0 aliphatic heterocycles. The van der Waals surface area contributed by atoms with Crippen molar-refractivity contribution < 1.29 is 22.8 Å². The van der Waals surface area contributed by atoms with Gasteiger partial charge in [-0.15, -0.1) is 0 Å². The molecule has 0 amide bonds. The number of benzene rings is 1. The molecule has 0 saturated carbocycles. The van der Waals surface area contributed by atoms with Gasteiger partial charge in [-0.1, -0.05) is 17.3 Å². The number of carboxylic acid groups (broad SMARTS) is 1. The summed E-state index contributed by atoms with van der Waals surface area (Å²) in [5.74, 6) is -0.283. The first-order valence-corrected chi connectivity index (χ1v) is 7.62. The zero-order valence-corrected chi connectivity index (χ0v) is 12.1. The Morgan fingerprint density at radius 1 is 1.33 bits per heavy atom. The predicted molar refractivity (Wildman–Crippen MR) is 74.4 cm³/mol. The van der Waals surface area contributed by atoms with Gasteiger partial charge in [0.05, 0.1) is 4.90 Å². The lowest BCUT2D eigenvalue weighted by atomic mass is 10.1. The Morgan fingerprint density at radius 2 is 2.00 bits per heavy atom. The van der Waals surface area contributed by atoms with Gasteiger partial charge in [0.1, 0.15) is 5.76 Å². The fourth-order valence-corrected chi connectivity index (χ4v) is 2.68. The summed E-state index contributed by atoms with van der Waals surface area (Å²) < 4.78 is 31.3. The first-order chi connectivity index (χ1) is 9.87. The molecular weight excluding hydrogens is 296 g/mol. The van der Waals surface area contributed by atoms with E-state index in [0.717, 1.165) is 5.56 Å². The number of aliphatic carboxylic acids is 1. The van der Waals surface area contributed by atoms with Crippen LogP contribution in [0.25, 0.3) is 0 Å². The number of hydrogen-bond donors (Lipinski definition) is 2. The summed E-state index contributed by atoms with van der Waals surface area (Å²) in [7, 11) is -3.74. The van der Waals surface area contributed by atoms with Gasteiger partial charge in [-0.3, -0.25) is 9.52 Å². The third-order valence-corrected chi connectivity index (χ3v) is 4.10. The lowest BCUT2D eigenvalue weighted by molar-refractivity contribution is -0.136. The summed E-state index contributed by atoms with van der Waals surface area (Å²) in [5.41, 5.74) is 0.758. The van der Waals surface area contributed by atoms with Crippen LogP contribution in [0.15, 0.2) is 39.8 Å². The molecule has 2 N–H and O–H groups in total. The maximum atomic E-state index is 12.1. The Kier molecular flexibility index (Phi) is 4.27. The maximum absolute atomic E-state index is 12.1. The molecule has 1 heterocycles. The van der Waals surface area contributed by atoms with E-state index in [-0.39, 0.29) is 17.1 Å². The molecule has 0 fully saturated rings. The molecule has 21 heavy (non-hydrogen) atoms. The van der Waals surface area contributed by atoms with E-state index in [2.05, 4.69) is 9.88 Å². The minimum atomic E-state index is -3.74. The number of carbonyl (C=O) groups is 1. The first-order valence-electron chi connectivity index (χ1n) is 6.14. The number of sulfonamides is 1. The molecule has 2 aromatic rings. The molecule has 112 valence electrons. The zero-order chi connectivity index (χ0) is 15.5. The quantitative estimate of drug-likeness (QED) is 0.842. The highest BCUT2D eigenvalue weighted by atomic mass is 32.2. The lowest BCUT2D eigenvalue weighted by Gasteiger charge is -2.06. The van der Waals surface area contributed by atoms with Crippen LogP contribution < -0.4 is 4.72 Å². The number of hydrogen-bond acceptors (Lipinski definition) is 5. The van der Waals surface area contributed by atoms with E-state index in [0.29, 0.717) is 12.2 Å². The molecule has 0 spiro atoms. The van der Waals surface area contributed by atoms with Crippen LogP contribution in [-0.4, -0.2) is 24.7 Å². The van der Waals surface area contributed by atoms with E-state index in [1.54, 1.807) is 19.1 Å². The Bertz CT molecular complexity index is 734. The minimum Gasteiger partial charge on any atom is -0.481 e. The summed E-state index contributed by atoms with van der Waals surface area (Å²) >= 11 is 0. The summed E-state index contributed by atoms with van der Waals surface area (Å²) in [6.45, 7) is 1.65. The van der Waals surface area contributed by atoms with Crippen molar-refractivity contribution in [1.29, 1.82) is 0 Å². The van der Waals surface area contributed by atoms with Crippen LogP contribution in [0.5, 0.6) is 0 Å². The van der Waals surface area contributed by atoms with Crippen LogP contribution in [0, 0.1) is 6.92 Å². The number of nitrogens with one attached hydrogen (secondary N) is 1. The molecule has 0 unspecified atom stereocenters. The molecular formula is C13H14N2O5S. The Morgan fingerprint density at radius 3 is 2.52 bits per heavy atom. The number of anilines is 1. The monoisotopic (exact) mass is 310 g/mol. The van der Waals surface area contributed by atoms with Gasteiger partial charge in [-0.05, 0) is 31.0 Å². The van der Waals surface area contributed by atoms with Crippen molar-refractivity contribution in [3.05, 3.63) is 41.7 Å². The van der Waals surface area contributed by atoms with E-state index >= 15 is 0 Å². The van der Waals surface area contributed by atoms with Crippen molar-refractivity contribution in [1.82, 2.24) is 5.16 Å². The largest absolute Gasteiger partial charge is 0.481 e. The molecule has 7 nitrogen and oxygen atoms in total. The van der Waals surface area contributed by atoms with Crippen LogP contribution in [0.1, 0.15) is 17.7 Å². The van der Waals surface area contributed by atoms with Crippen molar-refractivity contribution in [2.75, 3.05) is 4.72 Å². The normalized spacial score (nSPS) is 11.3. The molecule has 0 atom stereocenters. The molecule has 0 radical (unpaired) electrons. The standard InChI is InChI=1S/C13H14N2O5S/c1-9-8-12(14-20-9)15-21(18,19)11-5-2-10(3-6-11)4-7-13(16)17/h2-3,5-6,8H,4,7H2,1H3,(H,14,15)(H,16,17). The van der Waals surface area contributed by atoms with Gasteiger partial charge >= 0.3 is 5.97 Å². The van der Waals surface area contributed by atoms with Gasteiger partial charge in [0.15, 0.2) is 5.82 Å². The van der Waals surface area contributed by atoms with E-state index in [4.69, 9.17) is 9.63 Å². The van der Waals surface area contributed by atoms with Gasteiger partial charge in [0.2, 0.25) is 0 Å². The van der Waals surface area contributed by atoms with Crippen molar-refractivity contribution in [2.45, 2.75) is 24.7 Å². The third kappa shape index (κ3) is 4.06. The van der Waals surface area contributed by atoms with Crippen molar-refractivity contribution >= 4 is 21.8 Å². The average Bonchev–Trinajstić information content (AvgIpc) is 2.81. The number of rotatable bonds is 6. The second-order valence-corrected chi connectivity index (χ2v) is 6.15. The van der Waals surface area contributed by atoms with Crippen LogP contribution in [0.2, 0.25) is 0 Å². The van der Waals surface area contributed by atoms with Gasteiger partial charge < -0.3 is 9.63 Å². The van der Waals surface area contributed by atoms with Crippen molar-refractivity contribution in [2.24, 2.45) is 0 Å². The van der Waals surface area contributed by atoms with Crippen LogP contribution in [-0.2, 0) is 21.2 Å².